The number of nitrogens with zero attached hydrogens (tertiary/aromatic N) is 1. The third-order valence-corrected chi connectivity index (χ3v) is 2.59. The highest BCUT2D eigenvalue weighted by Crippen LogP contribution is 2.26. The molecule has 0 radical (unpaired) electrons. The molecule has 15 heavy (non-hydrogen) atoms. The van der Waals surface area contributed by atoms with Crippen LogP contribution in [0.2, 0.25) is 0 Å². The van der Waals surface area contributed by atoms with Crippen molar-refractivity contribution in [1.29, 1.82) is 0 Å². The molecule has 0 spiro atoms. The molecule has 0 bridgehead atoms. The number of carbonyl (C=O) groups excluding carboxylic acids is 2. The topological polar surface area (TPSA) is 46.6 Å². The van der Waals surface area contributed by atoms with Gasteiger partial charge in [-0.05, 0) is 33.6 Å². The minimum Gasteiger partial charge on any atom is -0.443 e. The van der Waals surface area contributed by atoms with Crippen molar-refractivity contribution in [3.05, 3.63) is 0 Å². The van der Waals surface area contributed by atoms with Gasteiger partial charge in [-0.1, -0.05) is 6.92 Å². The van der Waals surface area contributed by atoms with Gasteiger partial charge in [0.25, 0.3) is 0 Å². The van der Waals surface area contributed by atoms with Gasteiger partial charge in [-0.2, -0.15) is 0 Å². The smallest absolute Gasteiger partial charge is 0.417 e. The summed E-state index contributed by atoms with van der Waals surface area (Å²) in [6.45, 7) is 9.21. The summed E-state index contributed by atoms with van der Waals surface area (Å²) in [4.78, 5) is 24.5. The Bertz CT molecular complexity index is 280. The van der Waals surface area contributed by atoms with E-state index in [1.165, 1.54) is 4.90 Å². The fourth-order valence-electron chi connectivity index (χ4n) is 1.61. The van der Waals surface area contributed by atoms with Crippen molar-refractivity contribution >= 4 is 12.0 Å². The Morgan fingerprint density at radius 1 is 1.40 bits per heavy atom. The van der Waals surface area contributed by atoms with Crippen molar-refractivity contribution in [3.63, 3.8) is 0 Å². The molecule has 1 rings (SSSR count). The fourth-order valence-corrected chi connectivity index (χ4v) is 1.61. The van der Waals surface area contributed by atoms with Gasteiger partial charge in [0.1, 0.15) is 5.60 Å². The molecule has 0 unspecified atom stereocenters. The minimum atomic E-state index is -0.553. The molecule has 1 saturated heterocycles. The Labute approximate surface area is 90.6 Å². The third kappa shape index (κ3) is 2.70. The van der Waals surface area contributed by atoms with Crippen molar-refractivity contribution in [3.8, 4) is 0 Å². The van der Waals surface area contributed by atoms with Crippen molar-refractivity contribution in [1.82, 2.24) is 4.90 Å². The average molecular weight is 213 g/mol. The van der Waals surface area contributed by atoms with Gasteiger partial charge in [-0.3, -0.25) is 4.79 Å². The zero-order valence-corrected chi connectivity index (χ0v) is 10.0. The number of hydrogen-bond donors (Lipinski definition) is 0. The van der Waals surface area contributed by atoms with Gasteiger partial charge in [0.15, 0.2) is 0 Å². The van der Waals surface area contributed by atoms with E-state index in [4.69, 9.17) is 4.74 Å². The average Bonchev–Trinajstić information content (AvgIpc) is 2.22. The van der Waals surface area contributed by atoms with Gasteiger partial charge in [0.05, 0.1) is 0 Å². The molecular formula is C11H19NO3. The van der Waals surface area contributed by atoms with Crippen LogP contribution in [0.1, 0.15) is 41.0 Å². The van der Waals surface area contributed by atoms with Crippen molar-refractivity contribution < 1.29 is 14.3 Å². The number of hydrogen-bond acceptors (Lipinski definition) is 3. The second-order valence-corrected chi connectivity index (χ2v) is 5.17. The number of ether oxygens (including phenoxy) is 1. The first-order valence-corrected chi connectivity index (χ1v) is 5.27. The molecule has 0 N–H and O–H groups in total. The largest absolute Gasteiger partial charge is 0.443 e. The van der Waals surface area contributed by atoms with E-state index in [0.29, 0.717) is 6.42 Å². The fraction of sp³-hybridized carbons (Fsp3) is 0.818. The van der Waals surface area contributed by atoms with Gasteiger partial charge >= 0.3 is 6.09 Å². The van der Waals surface area contributed by atoms with Crippen LogP contribution >= 0.6 is 0 Å². The quantitative estimate of drug-likeness (QED) is 0.619. The van der Waals surface area contributed by atoms with Crippen molar-refractivity contribution in [2.45, 2.75) is 52.7 Å². The van der Waals surface area contributed by atoms with Crippen LogP contribution in [-0.4, -0.2) is 28.5 Å². The predicted octanol–water partition coefficient (Wildman–Crippen LogP) is 2.18. The molecule has 0 aromatic heterocycles. The molecule has 1 heterocycles. The van der Waals surface area contributed by atoms with E-state index < -0.39 is 11.7 Å². The summed E-state index contributed by atoms with van der Waals surface area (Å²) >= 11 is 0. The summed E-state index contributed by atoms with van der Waals surface area (Å²) in [5, 5.41) is 0. The standard InChI is InChI=1S/C11H19NO3/c1-7-6-9(13)12(8(7)2)10(14)15-11(3,4)5/h7-8H,6H2,1-5H3/t7-,8+/m1/s1. The van der Waals surface area contributed by atoms with Crippen LogP contribution in [0.4, 0.5) is 4.79 Å². The Morgan fingerprint density at radius 3 is 2.27 bits per heavy atom. The lowest BCUT2D eigenvalue weighted by molar-refractivity contribution is -0.127. The highest BCUT2D eigenvalue weighted by molar-refractivity contribution is 5.94. The summed E-state index contributed by atoms with van der Waals surface area (Å²) in [5.41, 5.74) is -0.553. The van der Waals surface area contributed by atoms with E-state index >= 15 is 0 Å². The predicted molar refractivity (Wildman–Crippen MR) is 56.3 cm³/mol. The lowest BCUT2D eigenvalue weighted by Gasteiger charge is -2.26. The highest BCUT2D eigenvalue weighted by atomic mass is 16.6. The van der Waals surface area contributed by atoms with Crippen LogP contribution in [0.25, 0.3) is 0 Å². The van der Waals surface area contributed by atoms with Crippen LogP contribution in [0, 0.1) is 5.92 Å². The molecule has 1 aliphatic heterocycles. The Kier molecular flexibility index (Phi) is 3.07. The number of rotatable bonds is 0. The SMILES string of the molecule is C[C@@H]1CC(=O)N(C(=O)OC(C)(C)C)[C@H]1C. The summed E-state index contributed by atoms with van der Waals surface area (Å²) < 4.78 is 5.18. The highest BCUT2D eigenvalue weighted by Gasteiger charge is 2.40. The van der Waals surface area contributed by atoms with E-state index in [1.807, 2.05) is 13.8 Å². The first-order valence-electron chi connectivity index (χ1n) is 5.27. The Hall–Kier alpha value is -1.06. The maximum Gasteiger partial charge on any atom is 0.417 e. The molecule has 1 fully saturated rings. The number of imide groups is 1. The summed E-state index contributed by atoms with van der Waals surface area (Å²) in [6.07, 6.45) is -0.0928. The van der Waals surface area contributed by atoms with Crippen LogP contribution in [0.5, 0.6) is 0 Å². The molecule has 0 aliphatic carbocycles. The lowest BCUT2D eigenvalue weighted by Crippen LogP contribution is -2.41. The maximum absolute atomic E-state index is 11.7. The van der Waals surface area contributed by atoms with Gasteiger partial charge in [-0.25, -0.2) is 9.69 Å². The molecule has 0 aromatic carbocycles. The van der Waals surface area contributed by atoms with E-state index in [2.05, 4.69) is 0 Å². The molecule has 0 aromatic rings. The van der Waals surface area contributed by atoms with Crippen LogP contribution in [0.3, 0.4) is 0 Å². The van der Waals surface area contributed by atoms with Gasteiger partial charge in [0.2, 0.25) is 5.91 Å². The van der Waals surface area contributed by atoms with Gasteiger partial charge in [0, 0.05) is 12.5 Å². The number of likely N-dealkylation sites (tertiary alicyclic amines) is 1. The Morgan fingerprint density at radius 2 is 1.93 bits per heavy atom. The molecule has 4 nitrogen and oxygen atoms in total. The zero-order chi connectivity index (χ0) is 11.8. The molecule has 2 amide bonds. The summed E-state index contributed by atoms with van der Waals surface area (Å²) in [5.74, 6) is 0.0780. The molecule has 0 saturated carbocycles. The van der Waals surface area contributed by atoms with Crippen molar-refractivity contribution in [2.24, 2.45) is 5.92 Å². The molecule has 2 atom stereocenters. The summed E-state index contributed by atoms with van der Waals surface area (Å²) in [7, 11) is 0. The van der Waals surface area contributed by atoms with Crippen LogP contribution in [0.15, 0.2) is 0 Å². The van der Waals surface area contributed by atoms with E-state index in [-0.39, 0.29) is 17.9 Å². The third-order valence-electron chi connectivity index (χ3n) is 2.59. The van der Waals surface area contributed by atoms with E-state index in [1.54, 1.807) is 20.8 Å². The first kappa shape index (κ1) is 12.0. The number of amides is 2. The molecule has 4 heteroatoms. The minimum absolute atomic E-state index is 0.0626. The van der Waals surface area contributed by atoms with Crippen LogP contribution in [-0.2, 0) is 9.53 Å². The van der Waals surface area contributed by atoms with Crippen LogP contribution < -0.4 is 0 Å². The molecule has 86 valence electrons. The van der Waals surface area contributed by atoms with E-state index in [9.17, 15) is 9.59 Å². The maximum atomic E-state index is 11.7. The molecular weight excluding hydrogens is 194 g/mol. The normalized spacial score (nSPS) is 27.0. The van der Waals surface area contributed by atoms with E-state index in [0.717, 1.165) is 0 Å². The number of carbonyl (C=O) groups is 2. The van der Waals surface area contributed by atoms with Crippen molar-refractivity contribution in [2.75, 3.05) is 0 Å². The first-order chi connectivity index (χ1) is 6.72. The van der Waals surface area contributed by atoms with Gasteiger partial charge in [-0.15, -0.1) is 0 Å². The Balaban J connectivity index is 2.72. The lowest BCUT2D eigenvalue weighted by atomic mass is 10.1. The van der Waals surface area contributed by atoms with Gasteiger partial charge < -0.3 is 4.74 Å². The summed E-state index contributed by atoms with van der Waals surface area (Å²) in [6, 6.07) is -0.0626. The second kappa shape index (κ2) is 3.83. The monoisotopic (exact) mass is 213 g/mol. The second-order valence-electron chi connectivity index (χ2n) is 5.17. The zero-order valence-electron chi connectivity index (χ0n) is 10.0. The molecule has 1 aliphatic rings.